The molecule has 6 nitrogen and oxygen atoms in total. The van der Waals surface area contributed by atoms with Crippen molar-refractivity contribution in [3.8, 4) is 0 Å². The van der Waals surface area contributed by atoms with Gasteiger partial charge in [-0.05, 0) is 24.6 Å². The molecule has 2 rings (SSSR count). The van der Waals surface area contributed by atoms with Gasteiger partial charge in [-0.25, -0.2) is 8.42 Å². The number of piperazine rings is 1. The first-order chi connectivity index (χ1) is 9.86. The predicted octanol–water partition coefficient (Wildman–Crippen LogP) is 0.529. The molecular formula is C13H20ClN3O3S. The second-order valence-electron chi connectivity index (χ2n) is 5.09. The molecule has 118 valence electrons. The molecule has 1 aliphatic rings. The van der Waals surface area contributed by atoms with E-state index in [4.69, 9.17) is 22.4 Å². The summed E-state index contributed by atoms with van der Waals surface area (Å²) in [4.78, 5) is 2.20. The third-order valence-corrected chi connectivity index (χ3v) is 5.97. The van der Waals surface area contributed by atoms with E-state index in [2.05, 4.69) is 0 Å². The Morgan fingerprint density at radius 3 is 2.48 bits per heavy atom. The van der Waals surface area contributed by atoms with E-state index in [9.17, 15) is 8.42 Å². The molecule has 0 aliphatic carbocycles. The monoisotopic (exact) mass is 333 g/mol. The van der Waals surface area contributed by atoms with Crippen LogP contribution in [0.3, 0.4) is 0 Å². The molecule has 1 fully saturated rings. The van der Waals surface area contributed by atoms with Crippen LogP contribution in [0.1, 0.15) is 5.56 Å². The summed E-state index contributed by atoms with van der Waals surface area (Å²) in [5.74, 6) is 0. The van der Waals surface area contributed by atoms with E-state index in [0.717, 1.165) is 0 Å². The minimum atomic E-state index is -3.60. The number of rotatable bonds is 4. The summed E-state index contributed by atoms with van der Waals surface area (Å²) in [5.41, 5.74) is 6.71. The fraction of sp³-hybridized carbons (Fsp3) is 0.538. The number of β-amino-alcohol motifs (C(OH)–C–C–N with tert-alkyl or cyclic N) is 1. The Bertz CT molecular complexity index is 613. The number of sulfonamides is 1. The lowest BCUT2D eigenvalue weighted by Crippen LogP contribution is -2.49. The summed E-state index contributed by atoms with van der Waals surface area (Å²) in [6.07, 6.45) is 0. The maximum atomic E-state index is 12.7. The van der Waals surface area contributed by atoms with Crippen LogP contribution in [0.2, 0.25) is 5.02 Å². The van der Waals surface area contributed by atoms with Crippen molar-refractivity contribution in [3.63, 3.8) is 0 Å². The van der Waals surface area contributed by atoms with Crippen molar-refractivity contribution >= 4 is 27.3 Å². The van der Waals surface area contributed by atoms with Crippen molar-refractivity contribution < 1.29 is 13.5 Å². The maximum Gasteiger partial charge on any atom is 0.243 e. The number of nitrogens with two attached hydrogens (primary N) is 1. The number of hydrogen-bond donors (Lipinski definition) is 2. The van der Waals surface area contributed by atoms with Gasteiger partial charge in [-0.15, -0.1) is 0 Å². The second-order valence-corrected chi connectivity index (χ2v) is 7.43. The Balaban J connectivity index is 2.24. The van der Waals surface area contributed by atoms with Crippen molar-refractivity contribution in [2.75, 3.05) is 45.1 Å². The van der Waals surface area contributed by atoms with Gasteiger partial charge in [0, 0.05) is 43.4 Å². The molecule has 21 heavy (non-hydrogen) atoms. The molecule has 0 spiro atoms. The number of aliphatic hydroxyl groups is 1. The van der Waals surface area contributed by atoms with Gasteiger partial charge in [0.1, 0.15) is 0 Å². The third-order valence-electron chi connectivity index (χ3n) is 3.73. The Kier molecular flexibility index (Phi) is 5.11. The molecule has 1 heterocycles. The van der Waals surface area contributed by atoms with E-state index in [-0.39, 0.29) is 11.5 Å². The SMILES string of the molecule is Cc1c(N)cc(Cl)cc1S(=O)(=O)N1CCN(CCO)CC1. The normalized spacial score (nSPS) is 18.0. The van der Waals surface area contributed by atoms with Crippen LogP contribution in [0.4, 0.5) is 5.69 Å². The molecule has 1 saturated heterocycles. The average molecular weight is 334 g/mol. The van der Waals surface area contributed by atoms with E-state index in [1.165, 1.54) is 10.4 Å². The molecule has 0 aromatic heterocycles. The van der Waals surface area contributed by atoms with Gasteiger partial charge in [-0.3, -0.25) is 4.90 Å². The first-order valence-corrected chi connectivity index (χ1v) is 8.57. The number of nitrogen functional groups attached to an aromatic ring is 1. The largest absolute Gasteiger partial charge is 0.398 e. The number of anilines is 1. The lowest BCUT2D eigenvalue weighted by molar-refractivity contribution is 0.151. The van der Waals surface area contributed by atoms with Gasteiger partial charge in [0.15, 0.2) is 0 Å². The minimum Gasteiger partial charge on any atom is -0.398 e. The van der Waals surface area contributed by atoms with E-state index < -0.39 is 10.0 Å². The van der Waals surface area contributed by atoms with Crippen molar-refractivity contribution in [1.82, 2.24) is 9.21 Å². The van der Waals surface area contributed by atoms with Crippen LogP contribution >= 0.6 is 11.6 Å². The highest BCUT2D eigenvalue weighted by Gasteiger charge is 2.30. The van der Waals surface area contributed by atoms with Gasteiger partial charge in [-0.1, -0.05) is 11.6 Å². The van der Waals surface area contributed by atoms with Crippen LogP contribution in [0.15, 0.2) is 17.0 Å². The molecule has 1 aromatic carbocycles. The van der Waals surface area contributed by atoms with Crippen molar-refractivity contribution in [3.05, 3.63) is 22.7 Å². The van der Waals surface area contributed by atoms with Crippen LogP contribution < -0.4 is 5.73 Å². The number of hydrogen-bond acceptors (Lipinski definition) is 5. The van der Waals surface area contributed by atoms with Crippen molar-refractivity contribution in [2.45, 2.75) is 11.8 Å². The van der Waals surface area contributed by atoms with Gasteiger partial charge in [0.25, 0.3) is 0 Å². The lowest BCUT2D eigenvalue weighted by Gasteiger charge is -2.33. The third kappa shape index (κ3) is 3.49. The van der Waals surface area contributed by atoms with Crippen LogP contribution in [0, 0.1) is 6.92 Å². The maximum absolute atomic E-state index is 12.7. The van der Waals surface area contributed by atoms with Crippen molar-refractivity contribution in [1.29, 1.82) is 0 Å². The lowest BCUT2D eigenvalue weighted by atomic mass is 10.2. The van der Waals surface area contributed by atoms with Gasteiger partial charge >= 0.3 is 0 Å². The summed E-state index contributed by atoms with van der Waals surface area (Å²) in [6.45, 7) is 4.33. The van der Waals surface area contributed by atoms with Crippen molar-refractivity contribution in [2.24, 2.45) is 0 Å². The number of nitrogens with zero attached hydrogens (tertiary/aromatic N) is 2. The molecule has 3 N–H and O–H groups in total. The van der Waals surface area contributed by atoms with E-state index in [1.54, 1.807) is 13.0 Å². The number of halogens is 1. The minimum absolute atomic E-state index is 0.0800. The van der Waals surface area contributed by atoms with Crippen LogP contribution in [0.5, 0.6) is 0 Å². The molecule has 0 radical (unpaired) electrons. The van der Waals surface area contributed by atoms with Gasteiger partial charge in [0.05, 0.1) is 11.5 Å². The standard InChI is InChI=1S/C13H20ClN3O3S/c1-10-12(15)8-11(14)9-13(10)21(19,20)17-4-2-16(3-5-17)6-7-18/h8-9,18H,2-7,15H2,1H3. The zero-order chi connectivity index (χ0) is 15.6. The summed E-state index contributed by atoms with van der Waals surface area (Å²) in [5, 5.41) is 9.23. The molecule has 0 unspecified atom stereocenters. The fourth-order valence-corrected chi connectivity index (χ4v) is 4.41. The van der Waals surface area contributed by atoms with Gasteiger partial charge in [-0.2, -0.15) is 4.31 Å². The highest BCUT2D eigenvalue weighted by molar-refractivity contribution is 7.89. The van der Waals surface area contributed by atoms with Crippen LogP contribution in [0.25, 0.3) is 0 Å². The summed E-state index contributed by atoms with van der Waals surface area (Å²) in [6, 6.07) is 3.00. The Hall–Kier alpha value is -0.860. The zero-order valence-electron chi connectivity index (χ0n) is 11.9. The molecule has 0 amide bonds. The molecule has 1 aliphatic heterocycles. The first-order valence-electron chi connectivity index (χ1n) is 6.75. The van der Waals surface area contributed by atoms with Crippen LogP contribution in [-0.2, 0) is 10.0 Å². The molecule has 8 heteroatoms. The Morgan fingerprint density at radius 1 is 1.29 bits per heavy atom. The van der Waals surface area contributed by atoms with Gasteiger partial charge < -0.3 is 10.8 Å². The second kappa shape index (κ2) is 6.50. The highest BCUT2D eigenvalue weighted by atomic mass is 35.5. The van der Waals surface area contributed by atoms with E-state index in [1.807, 2.05) is 4.90 Å². The average Bonchev–Trinajstić information content (AvgIpc) is 2.43. The van der Waals surface area contributed by atoms with Gasteiger partial charge in [0.2, 0.25) is 10.0 Å². The predicted molar refractivity (Wildman–Crippen MR) is 82.9 cm³/mol. The van der Waals surface area contributed by atoms with E-state index in [0.29, 0.717) is 49.0 Å². The zero-order valence-corrected chi connectivity index (χ0v) is 13.5. The Morgan fingerprint density at radius 2 is 1.90 bits per heavy atom. The quantitative estimate of drug-likeness (QED) is 0.785. The number of aliphatic hydroxyl groups excluding tert-OH is 1. The topological polar surface area (TPSA) is 86.9 Å². The number of benzene rings is 1. The summed E-state index contributed by atoms with van der Waals surface area (Å²) >= 11 is 5.93. The summed E-state index contributed by atoms with van der Waals surface area (Å²) < 4.78 is 26.9. The summed E-state index contributed by atoms with van der Waals surface area (Å²) in [7, 11) is -3.60. The molecular weight excluding hydrogens is 314 g/mol. The molecule has 0 atom stereocenters. The highest BCUT2D eigenvalue weighted by Crippen LogP contribution is 2.28. The first kappa shape index (κ1) is 16.5. The van der Waals surface area contributed by atoms with E-state index >= 15 is 0 Å². The molecule has 0 bridgehead atoms. The fourth-order valence-electron chi connectivity index (χ4n) is 2.42. The smallest absolute Gasteiger partial charge is 0.243 e. The van der Waals surface area contributed by atoms with Crippen LogP contribution in [-0.4, -0.2) is 62.1 Å². The Labute approximate surface area is 130 Å². The molecule has 1 aromatic rings. The molecule has 0 saturated carbocycles.